The Hall–Kier alpha value is -1.73. The van der Waals surface area contributed by atoms with E-state index in [9.17, 15) is 13.6 Å². The van der Waals surface area contributed by atoms with Gasteiger partial charge in [0.25, 0.3) is 12.3 Å². The van der Waals surface area contributed by atoms with Gasteiger partial charge in [0, 0.05) is 17.8 Å². The third kappa shape index (κ3) is 3.94. The van der Waals surface area contributed by atoms with Gasteiger partial charge in [-0.05, 0) is 24.3 Å². The smallest absolute Gasteiger partial charge is 0.255 e. The zero-order valence-corrected chi connectivity index (χ0v) is 9.64. The zero-order valence-electron chi connectivity index (χ0n) is 9.64. The van der Waals surface area contributed by atoms with Gasteiger partial charge in [0.1, 0.15) is 0 Å². The Morgan fingerprint density at radius 1 is 1.39 bits per heavy atom. The van der Waals surface area contributed by atoms with Crippen LogP contribution in [0.1, 0.15) is 10.4 Å². The average molecular weight is 259 g/mol. The van der Waals surface area contributed by atoms with E-state index >= 15 is 0 Å². The van der Waals surface area contributed by atoms with Crippen LogP contribution in [0, 0.1) is 0 Å². The van der Waals surface area contributed by atoms with E-state index in [1.54, 1.807) is 12.1 Å². The summed E-state index contributed by atoms with van der Waals surface area (Å²) in [6.45, 7) is -1.18. The highest BCUT2D eigenvalue weighted by Crippen LogP contribution is 2.11. The van der Waals surface area contributed by atoms with Crippen LogP contribution >= 0.6 is 0 Å². The van der Waals surface area contributed by atoms with Crippen LogP contribution in [0.5, 0.6) is 0 Å². The minimum absolute atomic E-state index is 0.125. The SMILES string of the molecule is NNc1ccc(C(=O)N(CCO)CC(F)F)cc1. The van der Waals surface area contributed by atoms with Crippen molar-refractivity contribution >= 4 is 11.6 Å². The van der Waals surface area contributed by atoms with Crippen molar-refractivity contribution in [2.75, 3.05) is 25.1 Å². The number of hydrogen-bond donors (Lipinski definition) is 3. The van der Waals surface area contributed by atoms with Crippen molar-refractivity contribution in [1.29, 1.82) is 0 Å². The number of hydrogen-bond acceptors (Lipinski definition) is 4. The maximum Gasteiger partial charge on any atom is 0.255 e. The highest BCUT2D eigenvalue weighted by atomic mass is 19.3. The number of carbonyl (C=O) groups excluding carboxylic acids is 1. The van der Waals surface area contributed by atoms with E-state index in [1.165, 1.54) is 12.1 Å². The maximum atomic E-state index is 12.3. The van der Waals surface area contributed by atoms with Gasteiger partial charge in [-0.2, -0.15) is 0 Å². The summed E-state index contributed by atoms with van der Waals surface area (Å²) >= 11 is 0. The first-order valence-corrected chi connectivity index (χ1v) is 5.33. The summed E-state index contributed by atoms with van der Waals surface area (Å²) < 4.78 is 24.6. The molecule has 0 aliphatic heterocycles. The summed E-state index contributed by atoms with van der Waals surface area (Å²) in [5.74, 6) is 4.62. The summed E-state index contributed by atoms with van der Waals surface area (Å²) in [5, 5.41) is 8.76. The lowest BCUT2D eigenvalue weighted by molar-refractivity contribution is 0.0509. The molecular weight excluding hydrogens is 244 g/mol. The minimum atomic E-state index is -2.63. The molecule has 18 heavy (non-hydrogen) atoms. The van der Waals surface area contributed by atoms with Gasteiger partial charge in [0.2, 0.25) is 0 Å². The number of alkyl halides is 2. The number of benzene rings is 1. The molecule has 7 heteroatoms. The Labute approximate surface area is 103 Å². The number of aliphatic hydroxyl groups is 1. The molecule has 0 atom stereocenters. The molecule has 0 spiro atoms. The molecule has 0 bridgehead atoms. The van der Waals surface area contributed by atoms with Crippen LogP contribution in [0.2, 0.25) is 0 Å². The fraction of sp³-hybridized carbons (Fsp3) is 0.364. The molecule has 0 radical (unpaired) electrons. The normalized spacial score (nSPS) is 10.5. The number of nitrogens with one attached hydrogen (secondary N) is 1. The topological polar surface area (TPSA) is 78.6 Å². The van der Waals surface area contributed by atoms with Crippen molar-refractivity contribution in [2.24, 2.45) is 5.84 Å². The molecule has 0 saturated carbocycles. The van der Waals surface area contributed by atoms with Gasteiger partial charge in [-0.25, -0.2) is 8.78 Å². The van der Waals surface area contributed by atoms with Crippen LogP contribution in [0.4, 0.5) is 14.5 Å². The molecule has 100 valence electrons. The molecule has 0 saturated heterocycles. The van der Waals surface area contributed by atoms with Gasteiger partial charge in [-0.3, -0.25) is 10.6 Å². The summed E-state index contributed by atoms with van der Waals surface area (Å²) in [7, 11) is 0. The first kappa shape index (κ1) is 14.3. The molecule has 0 fully saturated rings. The van der Waals surface area contributed by atoms with E-state index in [0.717, 1.165) is 4.90 Å². The first-order chi connectivity index (χ1) is 8.58. The van der Waals surface area contributed by atoms with Gasteiger partial charge < -0.3 is 15.4 Å². The molecule has 1 amide bonds. The molecular formula is C11H15F2N3O2. The van der Waals surface area contributed by atoms with Crippen LogP contribution in [-0.2, 0) is 0 Å². The molecule has 0 aromatic heterocycles. The van der Waals surface area contributed by atoms with Gasteiger partial charge >= 0.3 is 0 Å². The average Bonchev–Trinajstić information content (AvgIpc) is 2.37. The lowest BCUT2D eigenvalue weighted by Crippen LogP contribution is -2.37. The molecule has 1 aromatic carbocycles. The Bertz CT molecular complexity index is 384. The number of carbonyl (C=O) groups is 1. The van der Waals surface area contributed by atoms with Gasteiger partial charge in [0.15, 0.2) is 0 Å². The summed E-state index contributed by atoms with van der Waals surface area (Å²) in [6, 6.07) is 6.08. The van der Waals surface area contributed by atoms with Crippen LogP contribution in [0.25, 0.3) is 0 Å². The van der Waals surface area contributed by atoms with Gasteiger partial charge in [-0.15, -0.1) is 0 Å². The standard InChI is InChI=1S/C11H15F2N3O2/c12-10(13)7-16(5-6-17)11(18)8-1-3-9(15-14)4-2-8/h1-4,10,15,17H,5-7,14H2. The van der Waals surface area contributed by atoms with Crippen LogP contribution in [-0.4, -0.2) is 42.0 Å². The van der Waals surface area contributed by atoms with Gasteiger partial charge in [-0.1, -0.05) is 0 Å². The van der Waals surface area contributed by atoms with Crippen molar-refractivity contribution < 1.29 is 18.7 Å². The van der Waals surface area contributed by atoms with E-state index in [4.69, 9.17) is 10.9 Å². The third-order valence-corrected chi connectivity index (χ3v) is 2.31. The second-order valence-electron chi connectivity index (χ2n) is 3.59. The van der Waals surface area contributed by atoms with Crippen molar-refractivity contribution in [2.45, 2.75) is 6.43 Å². The number of halogens is 2. The number of rotatable bonds is 6. The Morgan fingerprint density at radius 3 is 2.44 bits per heavy atom. The second kappa shape index (κ2) is 6.87. The van der Waals surface area contributed by atoms with E-state index in [2.05, 4.69) is 5.43 Å². The maximum absolute atomic E-state index is 12.3. The predicted octanol–water partition coefficient (Wildman–Crippen LogP) is 0.672. The second-order valence-corrected chi connectivity index (χ2v) is 3.59. The Kier molecular flexibility index (Phi) is 5.47. The van der Waals surface area contributed by atoms with E-state index in [0.29, 0.717) is 5.69 Å². The molecule has 0 aliphatic carbocycles. The molecule has 0 aliphatic rings. The number of nitrogen functional groups attached to an aromatic ring is 1. The van der Waals surface area contributed by atoms with Crippen molar-refractivity contribution in [1.82, 2.24) is 4.90 Å². The number of aliphatic hydroxyl groups excluding tert-OH is 1. The predicted molar refractivity (Wildman–Crippen MR) is 63.2 cm³/mol. The van der Waals surface area contributed by atoms with Crippen LogP contribution in [0.3, 0.4) is 0 Å². The van der Waals surface area contributed by atoms with Crippen molar-refractivity contribution in [3.8, 4) is 0 Å². The number of amides is 1. The fourth-order valence-electron chi connectivity index (χ4n) is 1.45. The largest absolute Gasteiger partial charge is 0.395 e. The van der Waals surface area contributed by atoms with E-state index in [1.807, 2.05) is 0 Å². The lowest BCUT2D eigenvalue weighted by atomic mass is 10.2. The van der Waals surface area contributed by atoms with Crippen molar-refractivity contribution in [3.63, 3.8) is 0 Å². The Morgan fingerprint density at radius 2 is 2.00 bits per heavy atom. The summed E-state index contributed by atoms with van der Waals surface area (Å²) in [4.78, 5) is 12.8. The third-order valence-electron chi connectivity index (χ3n) is 2.31. The van der Waals surface area contributed by atoms with E-state index in [-0.39, 0.29) is 18.7 Å². The number of anilines is 1. The first-order valence-electron chi connectivity index (χ1n) is 5.33. The number of nitrogens with two attached hydrogens (primary N) is 1. The molecule has 4 N–H and O–H groups in total. The van der Waals surface area contributed by atoms with Crippen molar-refractivity contribution in [3.05, 3.63) is 29.8 Å². The van der Waals surface area contributed by atoms with Crippen LogP contribution < -0.4 is 11.3 Å². The molecule has 0 unspecified atom stereocenters. The molecule has 1 aromatic rings. The summed E-state index contributed by atoms with van der Waals surface area (Å²) in [6.07, 6.45) is -2.63. The fourth-order valence-corrected chi connectivity index (χ4v) is 1.45. The van der Waals surface area contributed by atoms with Gasteiger partial charge in [0.05, 0.1) is 13.2 Å². The lowest BCUT2D eigenvalue weighted by Gasteiger charge is -2.21. The quantitative estimate of drug-likeness (QED) is 0.518. The molecule has 0 heterocycles. The zero-order chi connectivity index (χ0) is 13.5. The Balaban J connectivity index is 2.80. The molecule has 1 rings (SSSR count). The molecule has 5 nitrogen and oxygen atoms in total. The number of hydrazine groups is 1. The highest BCUT2D eigenvalue weighted by Gasteiger charge is 2.19. The van der Waals surface area contributed by atoms with Crippen LogP contribution in [0.15, 0.2) is 24.3 Å². The van der Waals surface area contributed by atoms with E-state index < -0.39 is 18.9 Å². The number of nitrogens with zero attached hydrogens (tertiary/aromatic N) is 1. The monoisotopic (exact) mass is 259 g/mol. The highest BCUT2D eigenvalue weighted by molar-refractivity contribution is 5.94. The summed E-state index contributed by atoms with van der Waals surface area (Å²) in [5.41, 5.74) is 3.27. The minimum Gasteiger partial charge on any atom is -0.395 e.